The molecular formula is C28H24N2. The number of nitrogens with zero attached hydrogens (tertiary/aromatic N) is 2. The second-order valence-electron chi connectivity index (χ2n) is 7.23. The first-order chi connectivity index (χ1) is 14.7. The van der Waals surface area contributed by atoms with E-state index in [0.29, 0.717) is 0 Å². The molecule has 0 saturated heterocycles. The lowest BCUT2D eigenvalue weighted by molar-refractivity contribution is 1.38. The molecular weight excluding hydrogens is 364 g/mol. The highest BCUT2D eigenvalue weighted by Crippen LogP contribution is 2.24. The summed E-state index contributed by atoms with van der Waals surface area (Å²) < 4.78 is 0. The topological polar surface area (TPSA) is 24.7 Å². The normalized spacial score (nSPS) is 12.1. The largest absolute Gasteiger partial charge is 0.246 e. The predicted molar refractivity (Wildman–Crippen MR) is 128 cm³/mol. The molecule has 2 heteroatoms. The van der Waals surface area contributed by atoms with Crippen molar-refractivity contribution in [3.05, 3.63) is 131 Å². The van der Waals surface area contributed by atoms with Crippen LogP contribution in [-0.2, 0) is 0 Å². The van der Waals surface area contributed by atoms with Gasteiger partial charge < -0.3 is 0 Å². The number of para-hydroxylation sites is 2. The minimum Gasteiger partial charge on any atom is -0.246 e. The fourth-order valence-electron chi connectivity index (χ4n) is 3.32. The standard InChI is InChI=1S/C28H24N2/c1-21-13-9-11-19-25(21)29-27(23-15-5-3-6-16-23)28(24-17-7-4-8-18-24)30-26-20-12-10-14-22(26)2/h3-20H,1-2H3. The van der Waals surface area contributed by atoms with Crippen molar-refractivity contribution in [1.29, 1.82) is 0 Å². The average molecular weight is 389 g/mol. The molecule has 0 amide bonds. The third-order valence-electron chi connectivity index (χ3n) is 5.01. The first kappa shape index (κ1) is 19.5. The number of hydrogen-bond donors (Lipinski definition) is 0. The van der Waals surface area contributed by atoms with E-state index in [1.165, 1.54) is 0 Å². The van der Waals surface area contributed by atoms with Gasteiger partial charge in [-0.25, -0.2) is 9.98 Å². The SMILES string of the molecule is Cc1ccccc1N=C(C(=Nc1ccccc1C)c1ccccc1)c1ccccc1. The Morgan fingerprint density at radius 3 is 1.13 bits per heavy atom. The Morgan fingerprint density at radius 2 is 0.767 bits per heavy atom. The lowest BCUT2D eigenvalue weighted by Gasteiger charge is -2.13. The van der Waals surface area contributed by atoms with Gasteiger partial charge in [0.05, 0.1) is 22.8 Å². The van der Waals surface area contributed by atoms with Crippen LogP contribution in [0.5, 0.6) is 0 Å². The summed E-state index contributed by atoms with van der Waals surface area (Å²) in [6, 6.07) is 37.0. The van der Waals surface area contributed by atoms with Crippen LogP contribution < -0.4 is 0 Å². The zero-order chi connectivity index (χ0) is 20.8. The van der Waals surface area contributed by atoms with Crippen molar-refractivity contribution >= 4 is 22.8 Å². The van der Waals surface area contributed by atoms with E-state index in [-0.39, 0.29) is 0 Å². The van der Waals surface area contributed by atoms with Gasteiger partial charge in [0, 0.05) is 11.1 Å². The van der Waals surface area contributed by atoms with Gasteiger partial charge in [0.1, 0.15) is 0 Å². The van der Waals surface area contributed by atoms with Crippen LogP contribution in [0.3, 0.4) is 0 Å². The molecule has 0 fully saturated rings. The van der Waals surface area contributed by atoms with E-state index in [2.05, 4.69) is 62.4 Å². The predicted octanol–water partition coefficient (Wildman–Crippen LogP) is 7.25. The quantitative estimate of drug-likeness (QED) is 0.322. The summed E-state index contributed by atoms with van der Waals surface area (Å²) in [5.74, 6) is 0. The summed E-state index contributed by atoms with van der Waals surface area (Å²) in [6.45, 7) is 4.17. The van der Waals surface area contributed by atoms with Crippen molar-refractivity contribution < 1.29 is 0 Å². The molecule has 0 bridgehead atoms. The van der Waals surface area contributed by atoms with Gasteiger partial charge in [0.25, 0.3) is 0 Å². The van der Waals surface area contributed by atoms with Crippen molar-refractivity contribution in [2.75, 3.05) is 0 Å². The Labute approximate surface area is 178 Å². The molecule has 4 aromatic rings. The van der Waals surface area contributed by atoms with Gasteiger partial charge in [-0.1, -0.05) is 97.1 Å². The summed E-state index contributed by atoms with van der Waals surface area (Å²) in [5.41, 5.74) is 7.96. The Bertz CT molecular complexity index is 1090. The Hall–Kier alpha value is -3.78. The van der Waals surface area contributed by atoms with E-state index in [0.717, 1.165) is 45.1 Å². The molecule has 0 aliphatic carbocycles. The zero-order valence-corrected chi connectivity index (χ0v) is 17.3. The minimum atomic E-state index is 0.861. The molecule has 4 rings (SSSR count). The molecule has 0 atom stereocenters. The zero-order valence-electron chi connectivity index (χ0n) is 17.3. The number of rotatable bonds is 5. The molecule has 0 spiro atoms. The van der Waals surface area contributed by atoms with Crippen LogP contribution in [-0.4, -0.2) is 11.4 Å². The van der Waals surface area contributed by atoms with Gasteiger partial charge in [-0.05, 0) is 37.1 Å². The van der Waals surface area contributed by atoms with Crippen LogP contribution in [0.25, 0.3) is 0 Å². The molecule has 0 aliphatic heterocycles. The fraction of sp³-hybridized carbons (Fsp3) is 0.0714. The van der Waals surface area contributed by atoms with Gasteiger partial charge >= 0.3 is 0 Å². The maximum absolute atomic E-state index is 5.12. The molecule has 0 aliphatic rings. The van der Waals surface area contributed by atoms with Gasteiger partial charge in [0.2, 0.25) is 0 Å². The number of hydrogen-bond acceptors (Lipinski definition) is 2. The molecule has 0 heterocycles. The van der Waals surface area contributed by atoms with Gasteiger partial charge in [-0.15, -0.1) is 0 Å². The summed E-state index contributed by atoms with van der Waals surface area (Å²) in [7, 11) is 0. The average Bonchev–Trinajstić information content (AvgIpc) is 2.80. The van der Waals surface area contributed by atoms with Crippen molar-refractivity contribution in [1.82, 2.24) is 0 Å². The monoisotopic (exact) mass is 388 g/mol. The van der Waals surface area contributed by atoms with Crippen molar-refractivity contribution in [3.8, 4) is 0 Å². The molecule has 146 valence electrons. The molecule has 0 N–H and O–H groups in total. The maximum Gasteiger partial charge on any atom is 0.0972 e. The second kappa shape index (κ2) is 9.15. The number of benzene rings is 4. The molecule has 0 aromatic heterocycles. The summed E-state index contributed by atoms with van der Waals surface area (Å²) >= 11 is 0. The molecule has 30 heavy (non-hydrogen) atoms. The molecule has 0 saturated carbocycles. The van der Waals surface area contributed by atoms with Crippen LogP contribution in [0.1, 0.15) is 22.3 Å². The fourth-order valence-corrected chi connectivity index (χ4v) is 3.32. The van der Waals surface area contributed by atoms with Crippen molar-refractivity contribution in [2.45, 2.75) is 13.8 Å². The Kier molecular flexibility index (Phi) is 5.95. The third-order valence-corrected chi connectivity index (χ3v) is 5.01. The van der Waals surface area contributed by atoms with Crippen molar-refractivity contribution in [2.24, 2.45) is 9.98 Å². The van der Waals surface area contributed by atoms with E-state index < -0.39 is 0 Å². The van der Waals surface area contributed by atoms with Gasteiger partial charge in [0.15, 0.2) is 0 Å². The lowest BCUT2D eigenvalue weighted by atomic mass is 9.98. The van der Waals surface area contributed by atoms with Crippen LogP contribution in [0.4, 0.5) is 11.4 Å². The third kappa shape index (κ3) is 4.44. The number of aliphatic imine (C=N–C) groups is 2. The van der Waals surface area contributed by atoms with Gasteiger partial charge in [-0.3, -0.25) is 0 Å². The van der Waals surface area contributed by atoms with Crippen LogP contribution in [0.15, 0.2) is 119 Å². The van der Waals surface area contributed by atoms with E-state index in [4.69, 9.17) is 9.98 Å². The maximum atomic E-state index is 5.12. The second-order valence-corrected chi connectivity index (χ2v) is 7.23. The molecule has 0 radical (unpaired) electrons. The van der Waals surface area contributed by atoms with E-state index >= 15 is 0 Å². The highest BCUT2D eigenvalue weighted by atomic mass is 14.8. The molecule has 4 aromatic carbocycles. The van der Waals surface area contributed by atoms with E-state index in [9.17, 15) is 0 Å². The summed E-state index contributed by atoms with van der Waals surface area (Å²) in [6.07, 6.45) is 0. The smallest absolute Gasteiger partial charge is 0.0972 e. The highest BCUT2D eigenvalue weighted by Gasteiger charge is 2.16. The summed E-state index contributed by atoms with van der Waals surface area (Å²) in [5, 5.41) is 0. The van der Waals surface area contributed by atoms with Crippen molar-refractivity contribution in [3.63, 3.8) is 0 Å². The Balaban J connectivity index is 1.99. The molecule has 2 nitrogen and oxygen atoms in total. The number of aryl methyl sites for hydroxylation is 2. The minimum absolute atomic E-state index is 0.861. The summed E-state index contributed by atoms with van der Waals surface area (Å²) in [4.78, 5) is 10.2. The highest BCUT2D eigenvalue weighted by molar-refractivity contribution is 6.54. The first-order valence-corrected chi connectivity index (χ1v) is 10.1. The Morgan fingerprint density at radius 1 is 0.433 bits per heavy atom. The van der Waals surface area contributed by atoms with Crippen LogP contribution in [0, 0.1) is 13.8 Å². The lowest BCUT2D eigenvalue weighted by Crippen LogP contribution is -2.17. The van der Waals surface area contributed by atoms with Gasteiger partial charge in [-0.2, -0.15) is 0 Å². The van der Waals surface area contributed by atoms with Crippen LogP contribution in [0.2, 0.25) is 0 Å². The first-order valence-electron chi connectivity index (χ1n) is 10.1. The van der Waals surface area contributed by atoms with E-state index in [1.54, 1.807) is 0 Å². The van der Waals surface area contributed by atoms with Crippen LogP contribution >= 0.6 is 0 Å². The van der Waals surface area contributed by atoms with E-state index in [1.807, 2.05) is 60.7 Å². The molecule has 0 unspecified atom stereocenters.